The SMILES string of the molecule is CN1CCN(c2ccc(NC(=O)C3CC(=O)N(C4CC4)C3)cc2)CC1. The summed E-state index contributed by atoms with van der Waals surface area (Å²) in [6.45, 7) is 4.79. The first kappa shape index (κ1) is 16.4. The number of benzene rings is 1. The van der Waals surface area contributed by atoms with Crippen LogP contribution in [0, 0.1) is 5.92 Å². The Morgan fingerprint density at radius 3 is 2.40 bits per heavy atom. The average molecular weight is 342 g/mol. The third kappa shape index (κ3) is 3.63. The normalized spacial score (nSPS) is 24.7. The van der Waals surface area contributed by atoms with Crippen molar-refractivity contribution in [1.29, 1.82) is 0 Å². The van der Waals surface area contributed by atoms with Gasteiger partial charge in [0, 0.05) is 56.6 Å². The van der Waals surface area contributed by atoms with E-state index in [9.17, 15) is 9.59 Å². The van der Waals surface area contributed by atoms with Crippen LogP contribution in [0.1, 0.15) is 19.3 Å². The van der Waals surface area contributed by atoms with Crippen molar-refractivity contribution in [3.63, 3.8) is 0 Å². The van der Waals surface area contributed by atoms with Crippen molar-refractivity contribution in [3.8, 4) is 0 Å². The number of carbonyl (C=O) groups excluding carboxylic acids is 2. The van der Waals surface area contributed by atoms with Gasteiger partial charge in [-0.1, -0.05) is 0 Å². The van der Waals surface area contributed by atoms with E-state index < -0.39 is 0 Å². The maximum Gasteiger partial charge on any atom is 0.229 e. The van der Waals surface area contributed by atoms with Crippen molar-refractivity contribution >= 4 is 23.2 Å². The molecule has 1 N–H and O–H groups in total. The van der Waals surface area contributed by atoms with Crippen molar-refractivity contribution < 1.29 is 9.59 Å². The molecular formula is C19H26N4O2. The Balaban J connectivity index is 1.33. The zero-order valence-electron chi connectivity index (χ0n) is 14.8. The van der Waals surface area contributed by atoms with E-state index in [0.29, 0.717) is 19.0 Å². The number of rotatable bonds is 4. The lowest BCUT2D eigenvalue weighted by atomic mass is 10.1. The lowest BCUT2D eigenvalue weighted by Gasteiger charge is -2.34. The fourth-order valence-corrected chi connectivity index (χ4v) is 3.71. The van der Waals surface area contributed by atoms with Crippen molar-refractivity contribution in [2.75, 3.05) is 50.0 Å². The summed E-state index contributed by atoms with van der Waals surface area (Å²) in [6, 6.07) is 8.45. The van der Waals surface area contributed by atoms with Crippen LogP contribution in [-0.2, 0) is 9.59 Å². The maximum atomic E-state index is 12.5. The summed E-state index contributed by atoms with van der Waals surface area (Å²) >= 11 is 0. The zero-order chi connectivity index (χ0) is 17.4. The Bertz CT molecular complexity index is 648. The van der Waals surface area contributed by atoms with Crippen LogP contribution in [0.4, 0.5) is 11.4 Å². The highest BCUT2D eigenvalue weighted by Crippen LogP contribution is 2.33. The molecule has 6 nitrogen and oxygen atoms in total. The van der Waals surface area contributed by atoms with Gasteiger partial charge in [0.25, 0.3) is 0 Å². The van der Waals surface area contributed by atoms with Crippen LogP contribution in [0.15, 0.2) is 24.3 Å². The molecule has 1 aromatic rings. The van der Waals surface area contributed by atoms with E-state index >= 15 is 0 Å². The van der Waals surface area contributed by atoms with Crippen LogP contribution < -0.4 is 10.2 Å². The van der Waals surface area contributed by atoms with Gasteiger partial charge >= 0.3 is 0 Å². The number of likely N-dealkylation sites (N-methyl/N-ethyl adjacent to an activating group) is 1. The summed E-state index contributed by atoms with van der Waals surface area (Å²) in [4.78, 5) is 31.1. The van der Waals surface area contributed by atoms with Gasteiger partial charge < -0.3 is 20.0 Å². The first-order chi connectivity index (χ1) is 12.1. The Hall–Kier alpha value is -2.08. The molecule has 2 amide bonds. The van der Waals surface area contributed by atoms with Gasteiger partial charge in [0.15, 0.2) is 0 Å². The summed E-state index contributed by atoms with van der Waals surface area (Å²) < 4.78 is 0. The van der Waals surface area contributed by atoms with E-state index in [-0.39, 0.29) is 17.7 Å². The lowest BCUT2D eigenvalue weighted by Crippen LogP contribution is -2.44. The summed E-state index contributed by atoms with van der Waals surface area (Å²) in [5, 5.41) is 2.98. The van der Waals surface area contributed by atoms with Gasteiger partial charge in [-0.15, -0.1) is 0 Å². The Kier molecular flexibility index (Phi) is 4.37. The van der Waals surface area contributed by atoms with Gasteiger partial charge in [-0.05, 0) is 44.2 Å². The van der Waals surface area contributed by atoms with Crippen LogP contribution in [0.5, 0.6) is 0 Å². The fourth-order valence-electron chi connectivity index (χ4n) is 3.71. The lowest BCUT2D eigenvalue weighted by molar-refractivity contribution is -0.128. The molecule has 134 valence electrons. The molecule has 1 atom stereocenters. The molecule has 0 radical (unpaired) electrons. The Morgan fingerprint density at radius 1 is 1.08 bits per heavy atom. The maximum absolute atomic E-state index is 12.5. The third-order valence-electron chi connectivity index (χ3n) is 5.52. The summed E-state index contributed by atoms with van der Waals surface area (Å²) in [6.07, 6.45) is 2.53. The number of likely N-dealkylation sites (tertiary alicyclic amines) is 1. The van der Waals surface area contributed by atoms with E-state index in [4.69, 9.17) is 0 Å². The van der Waals surface area contributed by atoms with Crippen LogP contribution in [-0.4, -0.2) is 67.4 Å². The zero-order valence-corrected chi connectivity index (χ0v) is 14.8. The van der Waals surface area contributed by atoms with Crippen molar-refractivity contribution in [1.82, 2.24) is 9.80 Å². The van der Waals surface area contributed by atoms with Crippen molar-refractivity contribution in [3.05, 3.63) is 24.3 Å². The highest BCUT2D eigenvalue weighted by molar-refractivity contribution is 5.97. The summed E-state index contributed by atoms with van der Waals surface area (Å²) in [7, 11) is 2.15. The predicted octanol–water partition coefficient (Wildman–Crippen LogP) is 1.39. The van der Waals surface area contributed by atoms with Crippen molar-refractivity contribution in [2.45, 2.75) is 25.3 Å². The number of hydrogen-bond donors (Lipinski definition) is 1. The number of piperazine rings is 1. The molecule has 2 saturated heterocycles. The monoisotopic (exact) mass is 342 g/mol. The summed E-state index contributed by atoms with van der Waals surface area (Å²) in [5.41, 5.74) is 2.00. The molecule has 3 aliphatic rings. The van der Waals surface area contributed by atoms with Crippen LogP contribution >= 0.6 is 0 Å². The molecule has 1 unspecified atom stereocenters. The van der Waals surface area contributed by atoms with Gasteiger partial charge in [0.2, 0.25) is 11.8 Å². The van der Waals surface area contributed by atoms with Gasteiger partial charge in [0.05, 0.1) is 5.92 Å². The molecule has 3 fully saturated rings. The molecule has 0 bridgehead atoms. The quantitative estimate of drug-likeness (QED) is 0.898. The number of hydrogen-bond acceptors (Lipinski definition) is 4. The molecule has 1 aromatic carbocycles. The standard InChI is InChI=1S/C19H26N4O2/c1-21-8-10-22(11-9-21)16-4-2-15(3-5-16)20-19(25)14-12-18(24)23(13-14)17-6-7-17/h2-5,14,17H,6-13H2,1H3,(H,20,25). The second kappa shape index (κ2) is 6.67. The van der Waals surface area contributed by atoms with Gasteiger partial charge in [-0.25, -0.2) is 0 Å². The van der Waals surface area contributed by atoms with Crippen LogP contribution in [0.3, 0.4) is 0 Å². The predicted molar refractivity (Wildman–Crippen MR) is 97.6 cm³/mol. The number of amides is 2. The minimum atomic E-state index is -0.217. The van der Waals surface area contributed by atoms with E-state index in [1.807, 2.05) is 17.0 Å². The minimum Gasteiger partial charge on any atom is -0.369 e. The van der Waals surface area contributed by atoms with E-state index in [1.165, 1.54) is 5.69 Å². The number of carbonyl (C=O) groups is 2. The molecule has 2 heterocycles. The fraction of sp³-hybridized carbons (Fsp3) is 0.579. The van der Waals surface area contributed by atoms with E-state index in [1.54, 1.807) is 0 Å². The topological polar surface area (TPSA) is 55.9 Å². The van der Waals surface area contributed by atoms with Crippen LogP contribution in [0.2, 0.25) is 0 Å². The average Bonchev–Trinajstić information content (AvgIpc) is 3.38. The van der Waals surface area contributed by atoms with E-state index in [0.717, 1.165) is 44.7 Å². The highest BCUT2D eigenvalue weighted by atomic mass is 16.2. The first-order valence-electron chi connectivity index (χ1n) is 9.24. The van der Waals surface area contributed by atoms with Crippen LogP contribution in [0.25, 0.3) is 0 Å². The molecule has 25 heavy (non-hydrogen) atoms. The van der Waals surface area contributed by atoms with E-state index in [2.05, 4.69) is 34.3 Å². The molecule has 6 heteroatoms. The molecule has 0 aromatic heterocycles. The Morgan fingerprint density at radius 2 is 1.76 bits per heavy atom. The first-order valence-corrected chi connectivity index (χ1v) is 9.24. The largest absolute Gasteiger partial charge is 0.369 e. The number of nitrogens with one attached hydrogen (secondary N) is 1. The van der Waals surface area contributed by atoms with Crippen molar-refractivity contribution in [2.24, 2.45) is 5.92 Å². The number of nitrogens with zero attached hydrogens (tertiary/aromatic N) is 3. The third-order valence-corrected chi connectivity index (χ3v) is 5.52. The molecular weight excluding hydrogens is 316 g/mol. The smallest absolute Gasteiger partial charge is 0.229 e. The number of anilines is 2. The molecule has 1 saturated carbocycles. The second-order valence-electron chi connectivity index (χ2n) is 7.50. The highest BCUT2D eigenvalue weighted by Gasteiger charge is 2.41. The molecule has 4 rings (SSSR count). The van der Waals surface area contributed by atoms with Gasteiger partial charge in [-0.2, -0.15) is 0 Å². The summed E-state index contributed by atoms with van der Waals surface area (Å²) in [5.74, 6) is -0.123. The van der Waals surface area contributed by atoms with Gasteiger partial charge in [0.1, 0.15) is 0 Å². The molecule has 1 aliphatic carbocycles. The molecule has 2 aliphatic heterocycles. The molecule has 0 spiro atoms. The Labute approximate surface area is 148 Å². The second-order valence-corrected chi connectivity index (χ2v) is 7.50. The minimum absolute atomic E-state index is 0.0381. The van der Waals surface area contributed by atoms with Gasteiger partial charge in [-0.3, -0.25) is 9.59 Å².